The van der Waals surface area contributed by atoms with Gasteiger partial charge in [0.1, 0.15) is 11.4 Å². The Labute approximate surface area is 126 Å². The minimum Gasteiger partial charge on any atom is -0.491 e. The summed E-state index contributed by atoms with van der Waals surface area (Å²) >= 11 is 0. The van der Waals surface area contributed by atoms with Gasteiger partial charge in [0.15, 0.2) is 0 Å². The fraction of sp³-hybridized carbons (Fsp3) is 0.200. The highest BCUT2D eigenvalue weighted by atomic mass is 16.5. The molecule has 7 nitrogen and oxygen atoms in total. The molecule has 1 aliphatic rings. The minimum atomic E-state index is -0.364. The highest BCUT2D eigenvalue weighted by Crippen LogP contribution is 2.33. The highest BCUT2D eigenvalue weighted by Gasteiger charge is 2.20. The number of rotatable bonds is 2. The second-order valence-electron chi connectivity index (χ2n) is 4.78. The molecule has 0 atom stereocenters. The average Bonchev–Trinajstić information content (AvgIpc) is 2.68. The Kier molecular flexibility index (Phi) is 3.69. The molecule has 0 saturated carbocycles. The van der Waals surface area contributed by atoms with E-state index in [-0.39, 0.29) is 17.5 Å². The van der Waals surface area contributed by atoms with Gasteiger partial charge >= 0.3 is 0 Å². The van der Waals surface area contributed by atoms with Crippen molar-refractivity contribution in [1.82, 2.24) is 9.97 Å². The van der Waals surface area contributed by atoms with Crippen LogP contribution in [0.15, 0.2) is 36.8 Å². The fourth-order valence-electron chi connectivity index (χ4n) is 2.14. The van der Waals surface area contributed by atoms with Crippen LogP contribution in [0.3, 0.4) is 0 Å². The summed E-state index contributed by atoms with van der Waals surface area (Å²) < 4.78 is 5.54. The SMILES string of the molecule is CN1C(=O)CCOc2ccc(NC(=O)c3cnccn3)cc21. The first-order valence-electron chi connectivity index (χ1n) is 6.76. The normalized spacial score (nSPS) is 13.9. The van der Waals surface area contributed by atoms with Crippen LogP contribution in [0.5, 0.6) is 5.75 Å². The van der Waals surface area contributed by atoms with Gasteiger partial charge in [0, 0.05) is 25.1 Å². The van der Waals surface area contributed by atoms with Gasteiger partial charge in [-0.1, -0.05) is 0 Å². The van der Waals surface area contributed by atoms with Crippen molar-refractivity contribution < 1.29 is 14.3 Å². The number of carbonyl (C=O) groups is 2. The molecule has 1 aliphatic heterocycles. The smallest absolute Gasteiger partial charge is 0.275 e. The van der Waals surface area contributed by atoms with Crippen molar-refractivity contribution in [3.8, 4) is 5.75 Å². The number of hydrogen-bond donors (Lipinski definition) is 1. The molecule has 0 bridgehead atoms. The Balaban J connectivity index is 1.86. The molecule has 112 valence electrons. The maximum Gasteiger partial charge on any atom is 0.275 e. The molecule has 2 heterocycles. The summed E-state index contributed by atoms with van der Waals surface area (Å²) in [4.78, 5) is 33.3. The van der Waals surface area contributed by atoms with E-state index in [4.69, 9.17) is 4.74 Å². The number of hydrogen-bond acceptors (Lipinski definition) is 5. The summed E-state index contributed by atoms with van der Waals surface area (Å²) in [6.45, 7) is 0.349. The lowest BCUT2D eigenvalue weighted by atomic mass is 10.2. The fourth-order valence-corrected chi connectivity index (χ4v) is 2.14. The molecule has 3 rings (SSSR count). The highest BCUT2D eigenvalue weighted by molar-refractivity contribution is 6.03. The number of nitrogens with zero attached hydrogens (tertiary/aromatic N) is 3. The molecule has 7 heteroatoms. The molecular weight excluding hydrogens is 284 g/mol. The number of aromatic nitrogens is 2. The van der Waals surface area contributed by atoms with Crippen LogP contribution in [0.2, 0.25) is 0 Å². The Morgan fingerprint density at radius 3 is 3.00 bits per heavy atom. The first-order chi connectivity index (χ1) is 10.6. The topological polar surface area (TPSA) is 84.4 Å². The summed E-state index contributed by atoms with van der Waals surface area (Å²) in [5, 5.41) is 2.73. The molecule has 1 aromatic heterocycles. The first kappa shape index (κ1) is 14.0. The van der Waals surface area contributed by atoms with Crippen molar-refractivity contribution >= 4 is 23.2 Å². The third-order valence-electron chi connectivity index (χ3n) is 3.32. The molecule has 0 unspecified atom stereocenters. The summed E-state index contributed by atoms with van der Waals surface area (Å²) in [6.07, 6.45) is 4.66. The number of anilines is 2. The lowest BCUT2D eigenvalue weighted by molar-refractivity contribution is -0.118. The predicted molar refractivity (Wildman–Crippen MR) is 79.9 cm³/mol. The molecule has 0 spiro atoms. The van der Waals surface area contributed by atoms with Gasteiger partial charge < -0.3 is 15.0 Å². The van der Waals surface area contributed by atoms with Crippen LogP contribution < -0.4 is 15.0 Å². The van der Waals surface area contributed by atoms with E-state index in [0.717, 1.165) is 0 Å². The van der Waals surface area contributed by atoms with E-state index < -0.39 is 0 Å². The maximum absolute atomic E-state index is 12.1. The van der Waals surface area contributed by atoms with Crippen molar-refractivity contribution in [1.29, 1.82) is 0 Å². The molecule has 0 fully saturated rings. The second-order valence-corrected chi connectivity index (χ2v) is 4.78. The zero-order valence-electron chi connectivity index (χ0n) is 11.9. The van der Waals surface area contributed by atoms with Gasteiger partial charge in [-0.2, -0.15) is 0 Å². The van der Waals surface area contributed by atoms with Gasteiger partial charge in [-0.3, -0.25) is 14.6 Å². The van der Waals surface area contributed by atoms with Crippen LogP contribution in [0.4, 0.5) is 11.4 Å². The monoisotopic (exact) mass is 298 g/mol. The molecule has 1 N–H and O–H groups in total. The molecular formula is C15H14N4O3. The molecule has 0 saturated heterocycles. The van der Waals surface area contributed by atoms with Crippen molar-refractivity contribution in [2.75, 3.05) is 23.9 Å². The predicted octanol–water partition coefficient (Wildman–Crippen LogP) is 1.47. The number of fused-ring (bicyclic) bond motifs is 1. The zero-order valence-corrected chi connectivity index (χ0v) is 11.9. The lowest BCUT2D eigenvalue weighted by Crippen LogP contribution is -2.25. The van der Waals surface area contributed by atoms with Crippen LogP contribution in [0.25, 0.3) is 0 Å². The average molecular weight is 298 g/mol. The molecule has 22 heavy (non-hydrogen) atoms. The van der Waals surface area contributed by atoms with Crippen molar-refractivity contribution in [2.45, 2.75) is 6.42 Å². The van der Waals surface area contributed by atoms with Gasteiger partial charge in [0.2, 0.25) is 5.91 Å². The van der Waals surface area contributed by atoms with E-state index in [9.17, 15) is 9.59 Å². The molecule has 0 radical (unpaired) electrons. The Morgan fingerprint density at radius 1 is 1.36 bits per heavy atom. The molecule has 2 aromatic rings. The number of ether oxygens (including phenoxy) is 1. The van der Waals surface area contributed by atoms with Crippen LogP contribution >= 0.6 is 0 Å². The van der Waals surface area contributed by atoms with Crippen molar-refractivity contribution in [3.05, 3.63) is 42.5 Å². The molecule has 2 amide bonds. The van der Waals surface area contributed by atoms with Crippen LogP contribution in [-0.4, -0.2) is 35.4 Å². The van der Waals surface area contributed by atoms with Gasteiger partial charge in [-0.25, -0.2) is 4.98 Å². The number of nitrogens with one attached hydrogen (secondary N) is 1. The van der Waals surface area contributed by atoms with Crippen molar-refractivity contribution in [2.24, 2.45) is 0 Å². The standard InChI is InChI=1S/C15H14N4O3/c1-19-12-8-10(2-3-13(12)22-7-4-14(19)20)18-15(21)11-9-16-5-6-17-11/h2-3,5-6,8-9H,4,7H2,1H3,(H,18,21). The zero-order chi connectivity index (χ0) is 15.5. The maximum atomic E-state index is 12.1. The number of benzene rings is 1. The second kappa shape index (κ2) is 5.80. The molecule has 1 aromatic carbocycles. The van der Waals surface area contributed by atoms with Crippen LogP contribution in [-0.2, 0) is 4.79 Å². The first-order valence-corrected chi connectivity index (χ1v) is 6.76. The lowest BCUT2D eigenvalue weighted by Gasteiger charge is -2.17. The Morgan fingerprint density at radius 2 is 2.23 bits per heavy atom. The summed E-state index contributed by atoms with van der Waals surface area (Å²) in [5.74, 6) is 0.221. The third kappa shape index (κ3) is 2.73. The summed E-state index contributed by atoms with van der Waals surface area (Å²) in [7, 11) is 1.68. The van der Waals surface area contributed by atoms with E-state index in [2.05, 4.69) is 15.3 Å². The van der Waals surface area contributed by atoms with Gasteiger partial charge in [-0.15, -0.1) is 0 Å². The number of amides is 2. The van der Waals surface area contributed by atoms with Gasteiger partial charge in [0.25, 0.3) is 5.91 Å². The van der Waals surface area contributed by atoms with Crippen LogP contribution in [0, 0.1) is 0 Å². The van der Waals surface area contributed by atoms with Crippen LogP contribution in [0.1, 0.15) is 16.9 Å². The minimum absolute atomic E-state index is 0.0313. The Bertz CT molecular complexity index is 718. The largest absolute Gasteiger partial charge is 0.491 e. The van der Waals surface area contributed by atoms with Crippen molar-refractivity contribution in [3.63, 3.8) is 0 Å². The summed E-state index contributed by atoms with van der Waals surface area (Å²) in [6, 6.07) is 5.15. The van der Waals surface area contributed by atoms with E-state index in [1.165, 1.54) is 23.5 Å². The third-order valence-corrected chi connectivity index (χ3v) is 3.32. The number of carbonyl (C=O) groups excluding carboxylic acids is 2. The van der Waals surface area contributed by atoms with E-state index in [1.54, 1.807) is 25.2 Å². The van der Waals surface area contributed by atoms with E-state index >= 15 is 0 Å². The molecule has 0 aliphatic carbocycles. The Hall–Kier alpha value is -2.96. The van der Waals surface area contributed by atoms with Gasteiger partial charge in [0.05, 0.1) is 24.9 Å². The quantitative estimate of drug-likeness (QED) is 0.907. The summed E-state index contributed by atoms with van der Waals surface area (Å²) in [5.41, 5.74) is 1.40. The van der Waals surface area contributed by atoms with E-state index in [0.29, 0.717) is 30.2 Å². The van der Waals surface area contributed by atoms with Gasteiger partial charge in [-0.05, 0) is 18.2 Å². The van der Waals surface area contributed by atoms with E-state index in [1.807, 2.05) is 0 Å².